The van der Waals surface area contributed by atoms with Gasteiger partial charge in [0, 0.05) is 25.3 Å². The molecule has 3 N–H and O–H groups in total. The van der Waals surface area contributed by atoms with Crippen molar-refractivity contribution < 1.29 is 5.21 Å². The number of pyridine rings is 1. The van der Waals surface area contributed by atoms with Gasteiger partial charge in [-0.15, -0.1) is 0 Å². The number of likely N-dealkylation sites (N-methyl/N-ethyl adjacent to an activating group) is 1. The van der Waals surface area contributed by atoms with E-state index in [-0.39, 0.29) is 5.84 Å². The molecule has 0 atom stereocenters. The first-order valence-electron chi connectivity index (χ1n) is 6.84. The Morgan fingerprint density at radius 3 is 2.55 bits per heavy atom. The van der Waals surface area contributed by atoms with Crippen LogP contribution in [0, 0.1) is 6.92 Å². The number of hydrogen-bond acceptors (Lipinski definition) is 5. The second-order valence-electron chi connectivity index (χ2n) is 5.10. The van der Waals surface area contributed by atoms with E-state index < -0.39 is 0 Å². The van der Waals surface area contributed by atoms with Crippen LogP contribution in [0.25, 0.3) is 0 Å². The normalized spacial score (nSPS) is 11.9. The number of oxime groups is 1. The Balaban J connectivity index is 3.13. The minimum absolute atomic E-state index is 0.0958. The highest BCUT2D eigenvalue weighted by molar-refractivity contribution is 6.01. The van der Waals surface area contributed by atoms with Crippen molar-refractivity contribution in [1.82, 2.24) is 9.88 Å². The Labute approximate surface area is 120 Å². The SMILES string of the molecule is CCCN(CCN(C)C)c1nc(C)ccc1C(N)=NO. The maximum atomic E-state index is 8.92. The molecule has 0 radical (unpaired) electrons. The predicted molar refractivity (Wildman–Crippen MR) is 82.5 cm³/mol. The number of nitrogens with zero attached hydrogens (tertiary/aromatic N) is 4. The molecule has 1 rings (SSSR count). The van der Waals surface area contributed by atoms with Gasteiger partial charge >= 0.3 is 0 Å². The molecule has 0 spiro atoms. The number of amidine groups is 1. The molecule has 6 heteroatoms. The Morgan fingerprint density at radius 1 is 1.30 bits per heavy atom. The predicted octanol–water partition coefficient (Wildman–Crippen LogP) is 1.26. The molecule has 0 saturated carbocycles. The lowest BCUT2D eigenvalue weighted by Gasteiger charge is -2.27. The van der Waals surface area contributed by atoms with Gasteiger partial charge in [-0.1, -0.05) is 12.1 Å². The number of anilines is 1. The van der Waals surface area contributed by atoms with Gasteiger partial charge in [0.25, 0.3) is 0 Å². The summed E-state index contributed by atoms with van der Waals surface area (Å²) in [4.78, 5) is 8.88. The zero-order valence-corrected chi connectivity index (χ0v) is 12.8. The Hall–Kier alpha value is -1.82. The van der Waals surface area contributed by atoms with Crippen LogP contribution in [-0.2, 0) is 0 Å². The van der Waals surface area contributed by atoms with Crippen LogP contribution in [0.1, 0.15) is 24.6 Å². The first-order chi connectivity index (χ1) is 9.49. The van der Waals surface area contributed by atoms with Crippen molar-refractivity contribution in [2.75, 3.05) is 38.6 Å². The summed E-state index contributed by atoms with van der Waals surface area (Å²) >= 11 is 0. The van der Waals surface area contributed by atoms with E-state index in [0.717, 1.165) is 37.6 Å². The van der Waals surface area contributed by atoms with E-state index >= 15 is 0 Å². The highest BCUT2D eigenvalue weighted by atomic mass is 16.4. The lowest BCUT2D eigenvalue weighted by molar-refractivity contribution is 0.318. The molecule has 0 aromatic carbocycles. The van der Waals surface area contributed by atoms with Gasteiger partial charge < -0.3 is 20.7 Å². The summed E-state index contributed by atoms with van der Waals surface area (Å²) < 4.78 is 0. The van der Waals surface area contributed by atoms with Crippen LogP contribution in [0.15, 0.2) is 17.3 Å². The Bertz CT molecular complexity index is 459. The summed E-state index contributed by atoms with van der Waals surface area (Å²) in [6, 6.07) is 3.72. The molecule has 6 nitrogen and oxygen atoms in total. The molecule has 0 unspecified atom stereocenters. The standard InChI is InChI=1S/C14H25N5O/c1-5-8-19(10-9-18(3)4)14-12(13(15)17-20)7-6-11(2)16-14/h6-7,20H,5,8-10H2,1-4H3,(H2,15,17). The van der Waals surface area contributed by atoms with E-state index in [9.17, 15) is 0 Å². The summed E-state index contributed by atoms with van der Waals surface area (Å²) in [6.07, 6.45) is 1.01. The maximum absolute atomic E-state index is 8.92. The first kappa shape index (κ1) is 16.2. The van der Waals surface area contributed by atoms with Crippen molar-refractivity contribution in [2.24, 2.45) is 10.9 Å². The van der Waals surface area contributed by atoms with Gasteiger partial charge in [0.2, 0.25) is 0 Å². The van der Waals surface area contributed by atoms with Crippen LogP contribution in [0.4, 0.5) is 5.82 Å². The van der Waals surface area contributed by atoms with Crippen molar-refractivity contribution in [1.29, 1.82) is 0 Å². The van der Waals surface area contributed by atoms with Crippen LogP contribution < -0.4 is 10.6 Å². The van der Waals surface area contributed by atoms with Crippen molar-refractivity contribution in [3.8, 4) is 0 Å². The van der Waals surface area contributed by atoms with E-state index in [1.165, 1.54) is 0 Å². The zero-order chi connectivity index (χ0) is 15.1. The van der Waals surface area contributed by atoms with Crippen LogP contribution in [-0.4, -0.2) is 54.7 Å². The van der Waals surface area contributed by atoms with Crippen LogP contribution in [0.5, 0.6) is 0 Å². The van der Waals surface area contributed by atoms with E-state index in [2.05, 4.69) is 26.9 Å². The van der Waals surface area contributed by atoms with Gasteiger partial charge in [0.1, 0.15) is 5.82 Å². The molecular formula is C14H25N5O. The third-order valence-electron chi connectivity index (χ3n) is 3.01. The second kappa shape index (κ2) is 7.69. The minimum atomic E-state index is 0.0958. The third-order valence-corrected chi connectivity index (χ3v) is 3.01. The molecule has 0 bridgehead atoms. The number of nitrogens with two attached hydrogens (primary N) is 1. The molecule has 0 aliphatic carbocycles. The molecular weight excluding hydrogens is 254 g/mol. The zero-order valence-electron chi connectivity index (χ0n) is 12.8. The molecule has 0 saturated heterocycles. The maximum Gasteiger partial charge on any atom is 0.173 e. The molecule has 0 amide bonds. The largest absolute Gasteiger partial charge is 0.409 e. The highest BCUT2D eigenvalue weighted by Crippen LogP contribution is 2.19. The summed E-state index contributed by atoms with van der Waals surface area (Å²) in [5.74, 6) is 0.877. The quantitative estimate of drug-likeness (QED) is 0.340. The van der Waals surface area contributed by atoms with Crippen LogP contribution >= 0.6 is 0 Å². The number of hydrogen-bond donors (Lipinski definition) is 2. The molecule has 112 valence electrons. The smallest absolute Gasteiger partial charge is 0.173 e. The average Bonchev–Trinajstić information content (AvgIpc) is 2.42. The van der Waals surface area contributed by atoms with Crippen LogP contribution in [0.3, 0.4) is 0 Å². The molecule has 20 heavy (non-hydrogen) atoms. The third kappa shape index (κ3) is 4.38. The van der Waals surface area contributed by atoms with E-state index in [0.29, 0.717) is 5.56 Å². The van der Waals surface area contributed by atoms with Gasteiger partial charge in [0.05, 0.1) is 5.56 Å². The van der Waals surface area contributed by atoms with E-state index in [4.69, 9.17) is 10.9 Å². The Morgan fingerprint density at radius 2 is 2.00 bits per heavy atom. The van der Waals surface area contributed by atoms with Crippen molar-refractivity contribution in [2.45, 2.75) is 20.3 Å². The number of rotatable bonds is 7. The average molecular weight is 279 g/mol. The topological polar surface area (TPSA) is 78.0 Å². The van der Waals surface area contributed by atoms with Gasteiger partial charge in [0.15, 0.2) is 5.84 Å². The molecule has 1 aromatic rings. The summed E-state index contributed by atoms with van der Waals surface area (Å²) in [7, 11) is 4.08. The van der Waals surface area contributed by atoms with Gasteiger partial charge in [-0.2, -0.15) is 0 Å². The van der Waals surface area contributed by atoms with Gasteiger partial charge in [-0.3, -0.25) is 0 Å². The molecule has 0 aliphatic heterocycles. The number of aryl methyl sites for hydroxylation is 1. The molecule has 0 aliphatic rings. The fourth-order valence-electron chi connectivity index (χ4n) is 1.95. The van der Waals surface area contributed by atoms with Gasteiger partial charge in [-0.05, 0) is 39.6 Å². The fourth-order valence-corrected chi connectivity index (χ4v) is 1.95. The Kier molecular flexibility index (Phi) is 6.24. The molecule has 0 fully saturated rings. The summed E-state index contributed by atoms with van der Waals surface area (Å²) in [5.41, 5.74) is 7.35. The monoisotopic (exact) mass is 279 g/mol. The molecule has 1 aromatic heterocycles. The number of aromatic nitrogens is 1. The van der Waals surface area contributed by atoms with Gasteiger partial charge in [-0.25, -0.2) is 4.98 Å². The lowest BCUT2D eigenvalue weighted by atomic mass is 10.2. The second-order valence-corrected chi connectivity index (χ2v) is 5.10. The fraction of sp³-hybridized carbons (Fsp3) is 0.571. The lowest BCUT2D eigenvalue weighted by Crippen LogP contribution is -2.34. The van der Waals surface area contributed by atoms with Crippen molar-refractivity contribution in [3.63, 3.8) is 0 Å². The van der Waals surface area contributed by atoms with E-state index in [1.807, 2.05) is 33.2 Å². The first-order valence-corrected chi connectivity index (χ1v) is 6.84. The highest BCUT2D eigenvalue weighted by Gasteiger charge is 2.15. The van der Waals surface area contributed by atoms with Crippen molar-refractivity contribution >= 4 is 11.7 Å². The summed E-state index contributed by atoms with van der Waals surface area (Å²) in [5, 5.41) is 12.0. The minimum Gasteiger partial charge on any atom is -0.409 e. The van der Waals surface area contributed by atoms with E-state index in [1.54, 1.807) is 0 Å². The van der Waals surface area contributed by atoms with Crippen molar-refractivity contribution in [3.05, 3.63) is 23.4 Å². The summed E-state index contributed by atoms with van der Waals surface area (Å²) in [6.45, 7) is 6.72. The van der Waals surface area contributed by atoms with Crippen LogP contribution in [0.2, 0.25) is 0 Å². The molecule has 1 heterocycles.